The van der Waals surface area contributed by atoms with Crippen LogP contribution in [-0.2, 0) is 23.8 Å². The number of esters is 2. The Hall–Kier alpha value is -2.49. The number of anilines is 1. The van der Waals surface area contributed by atoms with E-state index >= 15 is 0 Å². The average molecular weight is 345 g/mol. The zero-order valence-corrected chi connectivity index (χ0v) is 13.7. The molecule has 0 saturated carbocycles. The molecule has 10 heteroatoms. The largest absolute Gasteiger partial charge is 0.455 e. The molecule has 1 saturated heterocycles. The van der Waals surface area contributed by atoms with Crippen molar-refractivity contribution in [2.24, 2.45) is 5.92 Å². The summed E-state index contributed by atoms with van der Waals surface area (Å²) in [6, 6.07) is 0. The van der Waals surface area contributed by atoms with E-state index in [0.717, 1.165) is 6.20 Å². The van der Waals surface area contributed by atoms with Gasteiger partial charge in [-0.15, -0.1) is 0 Å². The van der Waals surface area contributed by atoms with Crippen molar-refractivity contribution < 1.29 is 28.2 Å². The molecule has 3 N–H and O–H groups in total. The molecule has 0 aromatic carbocycles. The van der Waals surface area contributed by atoms with Gasteiger partial charge in [-0.05, 0) is 6.92 Å². The van der Waals surface area contributed by atoms with Gasteiger partial charge in [-0.1, -0.05) is 6.92 Å². The maximum Gasteiger partial charge on any atom is 0.346 e. The van der Waals surface area contributed by atoms with Crippen LogP contribution in [0.3, 0.4) is 0 Å². The maximum absolute atomic E-state index is 12.1. The van der Waals surface area contributed by atoms with Gasteiger partial charge in [0.15, 0.2) is 11.9 Å². The van der Waals surface area contributed by atoms with E-state index in [1.165, 1.54) is 13.8 Å². The third kappa shape index (κ3) is 5.61. The van der Waals surface area contributed by atoms with E-state index in [1.807, 2.05) is 18.8 Å². The molecule has 4 atom stereocenters. The van der Waals surface area contributed by atoms with Gasteiger partial charge in [-0.3, -0.25) is 14.6 Å². The number of hydrogen-bond donors (Lipinski definition) is 2. The summed E-state index contributed by atoms with van der Waals surface area (Å²) in [4.78, 5) is 36.9. The van der Waals surface area contributed by atoms with Gasteiger partial charge in [0.1, 0.15) is 5.82 Å². The number of aromatic nitrogens is 2. The van der Waals surface area contributed by atoms with Crippen molar-refractivity contribution in [3.05, 3.63) is 22.5 Å². The highest BCUT2D eigenvalue weighted by Gasteiger charge is 2.44. The Bertz CT molecular complexity index is 650. The molecular weight excluding hydrogens is 325 g/mol. The smallest absolute Gasteiger partial charge is 0.346 e. The molecule has 0 spiro atoms. The van der Waals surface area contributed by atoms with Crippen LogP contribution in [0.15, 0.2) is 11.0 Å². The average Bonchev–Trinajstić information content (AvgIpc) is 2.70. The lowest BCUT2D eigenvalue weighted by molar-refractivity contribution is -0.193. The summed E-state index contributed by atoms with van der Waals surface area (Å²) in [5, 5.41) is 0. The van der Waals surface area contributed by atoms with Gasteiger partial charge in [0, 0.05) is 19.8 Å². The predicted octanol–water partition coefficient (Wildman–Crippen LogP) is 0.353. The quantitative estimate of drug-likeness (QED) is 0.734. The van der Waals surface area contributed by atoms with Crippen LogP contribution in [0.4, 0.5) is 10.2 Å². The fraction of sp³-hybridized carbons (Fsp3) is 0.571. The van der Waals surface area contributed by atoms with Crippen LogP contribution in [0.25, 0.3) is 0 Å². The molecule has 2 heterocycles. The van der Waals surface area contributed by atoms with Crippen LogP contribution < -0.4 is 11.4 Å². The van der Waals surface area contributed by atoms with Crippen molar-refractivity contribution in [1.29, 1.82) is 0 Å². The van der Waals surface area contributed by atoms with Gasteiger partial charge in [0.2, 0.25) is 6.29 Å². The van der Waals surface area contributed by atoms with Gasteiger partial charge in [-0.25, -0.2) is 9.18 Å². The minimum atomic E-state index is -0.781. The number of carbonyl (C=O) groups is 2. The molecule has 0 bridgehead atoms. The first-order chi connectivity index (χ1) is 11.1. The van der Waals surface area contributed by atoms with Crippen LogP contribution in [0.1, 0.15) is 27.7 Å². The zero-order chi connectivity index (χ0) is 18.4. The highest BCUT2D eigenvalue weighted by atomic mass is 19.1. The summed E-state index contributed by atoms with van der Waals surface area (Å²) in [5.41, 5.74) is 4.31. The minimum absolute atomic E-state index is 0.0123. The Kier molecular flexibility index (Phi) is 6.83. The first kappa shape index (κ1) is 19.6. The van der Waals surface area contributed by atoms with Crippen LogP contribution in [0, 0.1) is 11.7 Å². The Morgan fingerprint density at radius 3 is 2.33 bits per heavy atom. The van der Waals surface area contributed by atoms with Gasteiger partial charge in [0.25, 0.3) is 0 Å². The van der Waals surface area contributed by atoms with Crippen molar-refractivity contribution >= 4 is 17.8 Å². The third-order valence-electron chi connectivity index (χ3n) is 3.25. The van der Waals surface area contributed by atoms with Crippen LogP contribution in [-0.4, -0.2) is 40.4 Å². The molecule has 1 fully saturated rings. The van der Waals surface area contributed by atoms with E-state index in [-0.39, 0.29) is 17.8 Å². The molecule has 0 aliphatic carbocycles. The summed E-state index contributed by atoms with van der Waals surface area (Å²) in [6.45, 7) is 6.36. The molecule has 0 amide bonds. The number of halogens is 1. The lowest BCUT2D eigenvalue weighted by Gasteiger charge is -2.19. The maximum atomic E-state index is 12.1. The minimum Gasteiger partial charge on any atom is -0.455 e. The van der Waals surface area contributed by atoms with Gasteiger partial charge in [0.05, 0.1) is 12.3 Å². The third-order valence-corrected chi connectivity index (χ3v) is 3.25. The first-order valence-electron chi connectivity index (χ1n) is 7.12. The fourth-order valence-electron chi connectivity index (χ4n) is 1.93. The summed E-state index contributed by atoms with van der Waals surface area (Å²) >= 11 is 0. The van der Waals surface area contributed by atoms with E-state index in [1.54, 1.807) is 0 Å². The van der Waals surface area contributed by atoms with Gasteiger partial charge >= 0.3 is 17.6 Å². The number of nitrogens with two attached hydrogens (primary N) is 1. The van der Waals surface area contributed by atoms with Crippen LogP contribution >= 0.6 is 0 Å². The van der Waals surface area contributed by atoms with Crippen molar-refractivity contribution in [2.75, 3.05) is 5.73 Å². The number of rotatable bonds is 2. The Balaban J connectivity index is 0.000000272. The summed E-state index contributed by atoms with van der Waals surface area (Å²) < 4.78 is 27.5. The van der Waals surface area contributed by atoms with E-state index in [9.17, 15) is 18.8 Å². The number of H-pyrrole nitrogens is 1. The van der Waals surface area contributed by atoms with Crippen molar-refractivity contribution in [1.82, 2.24) is 9.97 Å². The first-order valence-corrected chi connectivity index (χ1v) is 7.12. The number of nitrogens with one attached hydrogen (secondary N) is 1. The van der Waals surface area contributed by atoms with Crippen molar-refractivity contribution in [3.8, 4) is 0 Å². The Morgan fingerprint density at radius 1 is 1.29 bits per heavy atom. The van der Waals surface area contributed by atoms with E-state index in [0.29, 0.717) is 0 Å². The summed E-state index contributed by atoms with van der Waals surface area (Å²) in [7, 11) is 0. The fourth-order valence-corrected chi connectivity index (χ4v) is 1.93. The second kappa shape index (κ2) is 8.39. The normalized spacial score (nSPS) is 25.4. The molecule has 4 unspecified atom stereocenters. The number of ether oxygens (including phenoxy) is 3. The molecule has 1 aliphatic rings. The lowest BCUT2D eigenvalue weighted by atomic mass is 10.0. The Morgan fingerprint density at radius 2 is 1.88 bits per heavy atom. The molecule has 9 nitrogen and oxygen atoms in total. The number of aromatic amines is 1. The number of hydrogen-bond acceptors (Lipinski definition) is 8. The molecule has 1 aliphatic heterocycles. The molecule has 2 rings (SSSR count). The number of nitrogens with zero attached hydrogens (tertiary/aromatic N) is 1. The zero-order valence-electron chi connectivity index (χ0n) is 13.7. The molecule has 1 aromatic heterocycles. The van der Waals surface area contributed by atoms with E-state index < -0.39 is 35.8 Å². The number of nitrogen functional groups attached to an aromatic ring is 1. The standard InChI is InChI=1S/C10H16O5.C4H4FN3O/c1-5-6(2)13-10(15-8(4)12)9(5)14-7(3)11;5-2-1-7-4(9)8-3(2)6/h5-6,9-10H,1-4H3;1H,(H3,6,7,8,9). The SMILES string of the molecule is CC(=O)OC1OC(C)C(C)C1OC(C)=O.Nc1[nH]c(=O)ncc1F. The van der Waals surface area contributed by atoms with Gasteiger partial charge < -0.3 is 19.9 Å². The van der Waals surface area contributed by atoms with Crippen LogP contribution in [0.2, 0.25) is 0 Å². The summed E-state index contributed by atoms with van der Waals surface area (Å²) in [5.74, 6) is -1.83. The monoisotopic (exact) mass is 345 g/mol. The van der Waals surface area contributed by atoms with Crippen LogP contribution in [0.5, 0.6) is 0 Å². The second-order valence-corrected chi connectivity index (χ2v) is 5.20. The summed E-state index contributed by atoms with van der Waals surface area (Å²) in [6.07, 6.45) is -0.620. The topological polar surface area (TPSA) is 134 Å². The van der Waals surface area contributed by atoms with Gasteiger partial charge in [-0.2, -0.15) is 4.98 Å². The highest BCUT2D eigenvalue weighted by molar-refractivity contribution is 5.67. The molecular formula is C14H20FN3O6. The molecule has 134 valence electrons. The van der Waals surface area contributed by atoms with Crippen molar-refractivity contribution in [3.63, 3.8) is 0 Å². The molecule has 1 aromatic rings. The number of carbonyl (C=O) groups excluding carboxylic acids is 2. The predicted molar refractivity (Wildman–Crippen MR) is 80.0 cm³/mol. The molecule has 24 heavy (non-hydrogen) atoms. The second-order valence-electron chi connectivity index (χ2n) is 5.20. The highest BCUT2D eigenvalue weighted by Crippen LogP contribution is 2.29. The van der Waals surface area contributed by atoms with E-state index in [4.69, 9.17) is 19.9 Å². The lowest BCUT2D eigenvalue weighted by Crippen LogP contribution is -2.33. The van der Waals surface area contributed by atoms with E-state index in [2.05, 4.69) is 4.98 Å². The Labute approximate surface area is 137 Å². The van der Waals surface area contributed by atoms with Crippen molar-refractivity contribution in [2.45, 2.75) is 46.2 Å². The molecule has 0 radical (unpaired) electrons.